The third-order valence-electron chi connectivity index (χ3n) is 4.64. The molecule has 29 heavy (non-hydrogen) atoms. The van der Waals surface area contributed by atoms with E-state index in [1.807, 2.05) is 32.9 Å². The Hall–Kier alpha value is -2.25. The Morgan fingerprint density at radius 2 is 1.76 bits per heavy atom. The van der Waals surface area contributed by atoms with Gasteiger partial charge in [0.1, 0.15) is 11.8 Å². The third kappa shape index (κ3) is 5.22. The monoisotopic (exact) mass is 438 g/mol. The molecule has 1 atom stereocenters. The van der Waals surface area contributed by atoms with Crippen molar-refractivity contribution in [2.24, 2.45) is 0 Å². The maximum absolute atomic E-state index is 13.1. The van der Waals surface area contributed by atoms with Crippen LogP contribution in [0.15, 0.2) is 30.3 Å². The average Bonchev–Trinajstić information content (AvgIpc) is 2.61. The fourth-order valence-corrected chi connectivity index (χ4v) is 4.89. The smallest absolute Gasteiger partial charge is 0.248 e. The van der Waals surface area contributed by atoms with E-state index < -0.39 is 22.0 Å². The number of carbonyl (C=O) groups is 1. The zero-order valence-electron chi connectivity index (χ0n) is 17.5. The summed E-state index contributed by atoms with van der Waals surface area (Å²) >= 11 is 6.19. The molecule has 0 radical (unpaired) electrons. The molecule has 0 aliphatic heterocycles. The van der Waals surface area contributed by atoms with Gasteiger partial charge in [0, 0.05) is 5.69 Å². The standard InChI is InChI=1S/C21H27ClN2O4S/c1-7-18(21(25)23-20-14(3)10-13(2)11-15(20)4)24(29(6,26)27)16-8-9-19(28-5)17(22)12-16/h8-12,18H,7H2,1-6H3,(H,23,25)/t18-/m1/s1. The van der Waals surface area contributed by atoms with Crippen molar-refractivity contribution in [1.82, 2.24) is 0 Å². The van der Waals surface area contributed by atoms with Crippen molar-refractivity contribution in [2.45, 2.75) is 40.2 Å². The van der Waals surface area contributed by atoms with Gasteiger partial charge < -0.3 is 10.1 Å². The molecule has 158 valence electrons. The molecule has 6 nitrogen and oxygen atoms in total. The summed E-state index contributed by atoms with van der Waals surface area (Å²) in [4.78, 5) is 13.1. The Bertz CT molecular complexity index is 998. The molecule has 2 aromatic carbocycles. The van der Waals surface area contributed by atoms with E-state index in [1.165, 1.54) is 13.2 Å². The number of sulfonamides is 1. The number of carbonyl (C=O) groups excluding carboxylic acids is 1. The predicted octanol–water partition coefficient (Wildman–Crippen LogP) is 4.46. The van der Waals surface area contributed by atoms with E-state index in [0.29, 0.717) is 17.1 Å². The fourth-order valence-electron chi connectivity index (χ4n) is 3.44. The molecule has 0 aromatic heterocycles. The molecule has 0 saturated carbocycles. The minimum Gasteiger partial charge on any atom is -0.495 e. The molecule has 0 heterocycles. The number of aryl methyl sites for hydroxylation is 3. The van der Waals surface area contributed by atoms with E-state index in [2.05, 4.69) is 5.32 Å². The van der Waals surface area contributed by atoms with Crippen LogP contribution in [0.4, 0.5) is 11.4 Å². The lowest BCUT2D eigenvalue weighted by molar-refractivity contribution is -0.117. The number of nitrogens with zero attached hydrogens (tertiary/aromatic N) is 1. The van der Waals surface area contributed by atoms with Gasteiger partial charge in [-0.15, -0.1) is 0 Å². The van der Waals surface area contributed by atoms with Crippen molar-refractivity contribution >= 4 is 38.9 Å². The van der Waals surface area contributed by atoms with Gasteiger partial charge in [-0.05, 0) is 56.5 Å². The first kappa shape index (κ1) is 23.0. The zero-order valence-corrected chi connectivity index (χ0v) is 19.1. The lowest BCUT2D eigenvalue weighted by Crippen LogP contribution is -2.47. The number of halogens is 1. The second kappa shape index (κ2) is 9.05. The molecule has 0 bridgehead atoms. The lowest BCUT2D eigenvalue weighted by Gasteiger charge is -2.30. The van der Waals surface area contributed by atoms with Gasteiger partial charge in [-0.3, -0.25) is 9.10 Å². The van der Waals surface area contributed by atoms with Gasteiger partial charge >= 0.3 is 0 Å². The molecule has 8 heteroatoms. The van der Waals surface area contributed by atoms with E-state index in [-0.39, 0.29) is 11.4 Å². The number of rotatable bonds is 7. The van der Waals surface area contributed by atoms with Crippen molar-refractivity contribution in [1.29, 1.82) is 0 Å². The maximum Gasteiger partial charge on any atom is 0.248 e. The second-order valence-corrected chi connectivity index (χ2v) is 9.33. The number of nitrogens with one attached hydrogen (secondary N) is 1. The zero-order chi connectivity index (χ0) is 21.9. The first-order valence-corrected chi connectivity index (χ1v) is 11.4. The van der Waals surface area contributed by atoms with E-state index in [4.69, 9.17) is 16.3 Å². The van der Waals surface area contributed by atoms with Crippen LogP contribution in [0.25, 0.3) is 0 Å². The number of hydrogen-bond acceptors (Lipinski definition) is 4. The maximum atomic E-state index is 13.1. The summed E-state index contributed by atoms with van der Waals surface area (Å²) in [5, 5.41) is 3.18. The van der Waals surface area contributed by atoms with Crippen LogP contribution in [-0.2, 0) is 14.8 Å². The van der Waals surface area contributed by atoms with Crippen molar-refractivity contribution in [3.05, 3.63) is 52.0 Å². The molecule has 0 fully saturated rings. The molecule has 0 aliphatic carbocycles. The molecule has 0 spiro atoms. The normalized spacial score (nSPS) is 12.4. The highest BCUT2D eigenvalue weighted by atomic mass is 35.5. The molecule has 2 rings (SSSR count). The largest absolute Gasteiger partial charge is 0.495 e. The highest BCUT2D eigenvalue weighted by Crippen LogP contribution is 2.32. The van der Waals surface area contributed by atoms with E-state index in [1.54, 1.807) is 19.1 Å². The Morgan fingerprint density at radius 1 is 1.17 bits per heavy atom. The molecule has 0 unspecified atom stereocenters. The summed E-state index contributed by atoms with van der Waals surface area (Å²) in [5.41, 5.74) is 3.93. The summed E-state index contributed by atoms with van der Waals surface area (Å²) in [7, 11) is -2.28. The van der Waals surface area contributed by atoms with Crippen LogP contribution in [0.3, 0.4) is 0 Å². The molecule has 2 aromatic rings. The number of ether oxygens (including phenoxy) is 1. The summed E-state index contributed by atoms with van der Waals surface area (Å²) in [6, 6.07) is 7.65. The van der Waals surface area contributed by atoms with Crippen molar-refractivity contribution in [3.63, 3.8) is 0 Å². The fraction of sp³-hybridized carbons (Fsp3) is 0.381. The first-order chi connectivity index (χ1) is 13.5. The summed E-state index contributed by atoms with van der Waals surface area (Å²) in [5.74, 6) is 0.0205. The highest BCUT2D eigenvalue weighted by Gasteiger charge is 2.32. The van der Waals surface area contributed by atoms with Crippen LogP contribution in [0.1, 0.15) is 30.0 Å². The molecule has 0 saturated heterocycles. The van der Waals surface area contributed by atoms with E-state index in [9.17, 15) is 13.2 Å². The molecule has 1 N–H and O–H groups in total. The van der Waals surface area contributed by atoms with Crippen molar-refractivity contribution in [3.8, 4) is 5.75 Å². The number of hydrogen-bond donors (Lipinski definition) is 1. The van der Waals surface area contributed by atoms with Crippen LogP contribution in [0.2, 0.25) is 5.02 Å². The Labute approximate surface area is 177 Å². The van der Waals surface area contributed by atoms with Crippen LogP contribution >= 0.6 is 11.6 Å². The molecular formula is C21H27ClN2O4S. The van der Waals surface area contributed by atoms with Crippen LogP contribution in [0, 0.1) is 20.8 Å². The topological polar surface area (TPSA) is 75.7 Å². The molecular weight excluding hydrogens is 412 g/mol. The van der Waals surface area contributed by atoms with Gasteiger partial charge in [-0.2, -0.15) is 0 Å². The lowest BCUT2D eigenvalue weighted by atomic mass is 10.0. The summed E-state index contributed by atoms with van der Waals surface area (Å²) < 4.78 is 31.4. The first-order valence-electron chi connectivity index (χ1n) is 9.21. The number of benzene rings is 2. The van der Waals surface area contributed by atoms with E-state index >= 15 is 0 Å². The minimum atomic E-state index is -3.76. The number of amides is 1. The predicted molar refractivity (Wildman–Crippen MR) is 119 cm³/mol. The Kier molecular flexibility index (Phi) is 7.19. The second-order valence-electron chi connectivity index (χ2n) is 7.06. The third-order valence-corrected chi connectivity index (χ3v) is 6.12. The SMILES string of the molecule is CC[C@H](C(=O)Nc1c(C)cc(C)cc1C)N(c1ccc(OC)c(Cl)c1)S(C)(=O)=O. The summed E-state index contributed by atoms with van der Waals surface area (Å²) in [6.07, 6.45) is 1.36. The molecule has 0 aliphatic rings. The molecule has 1 amide bonds. The Balaban J connectivity index is 2.47. The minimum absolute atomic E-state index is 0.263. The van der Waals surface area contributed by atoms with Gasteiger partial charge in [0.2, 0.25) is 15.9 Å². The van der Waals surface area contributed by atoms with Crippen molar-refractivity contribution < 1.29 is 17.9 Å². The van der Waals surface area contributed by atoms with Crippen LogP contribution in [-0.4, -0.2) is 33.7 Å². The summed E-state index contributed by atoms with van der Waals surface area (Å²) in [6.45, 7) is 7.57. The van der Waals surface area contributed by atoms with Crippen molar-refractivity contribution in [2.75, 3.05) is 23.0 Å². The van der Waals surface area contributed by atoms with E-state index in [0.717, 1.165) is 27.3 Å². The average molecular weight is 439 g/mol. The number of methoxy groups -OCH3 is 1. The van der Waals surface area contributed by atoms with Gasteiger partial charge in [0.05, 0.1) is 24.1 Å². The van der Waals surface area contributed by atoms with Gasteiger partial charge in [0.15, 0.2) is 0 Å². The Morgan fingerprint density at radius 3 is 2.21 bits per heavy atom. The van der Waals surface area contributed by atoms with Gasteiger partial charge in [0.25, 0.3) is 0 Å². The van der Waals surface area contributed by atoms with Crippen LogP contribution < -0.4 is 14.4 Å². The van der Waals surface area contributed by atoms with Gasteiger partial charge in [-0.1, -0.05) is 36.2 Å². The highest BCUT2D eigenvalue weighted by molar-refractivity contribution is 7.92. The quantitative estimate of drug-likeness (QED) is 0.692. The number of anilines is 2. The van der Waals surface area contributed by atoms with Crippen LogP contribution in [0.5, 0.6) is 5.75 Å². The van der Waals surface area contributed by atoms with Gasteiger partial charge in [-0.25, -0.2) is 8.42 Å².